The number of halogens is 1. The van der Waals surface area contributed by atoms with Gasteiger partial charge in [0.15, 0.2) is 0 Å². The molecule has 0 amide bonds. The van der Waals surface area contributed by atoms with E-state index in [1.54, 1.807) is 0 Å². The van der Waals surface area contributed by atoms with Crippen LogP contribution in [0.1, 0.15) is 25.8 Å². The predicted molar refractivity (Wildman–Crippen MR) is 76.8 cm³/mol. The number of nitrogens with zero attached hydrogens (tertiary/aromatic N) is 1. The molecule has 0 fully saturated rings. The molecule has 0 aliphatic heterocycles. The average Bonchev–Trinajstić information content (AvgIpc) is 2.36. The average molecular weight is 317 g/mol. The first kappa shape index (κ1) is 16.9. The largest absolute Gasteiger partial charge is 0.396 e. The number of sulfonamides is 1. The third-order valence-electron chi connectivity index (χ3n) is 2.88. The van der Waals surface area contributed by atoms with Crippen LogP contribution in [0.25, 0.3) is 0 Å². The molecule has 1 rings (SSSR count). The Hall–Kier alpha value is -1.13. The number of hydrogen-bond donors (Lipinski definition) is 2. The summed E-state index contributed by atoms with van der Waals surface area (Å²) in [4.78, 5) is -0.0574. The highest BCUT2D eigenvalue weighted by molar-refractivity contribution is 7.89. The van der Waals surface area contributed by atoms with E-state index in [9.17, 15) is 8.42 Å². The fourth-order valence-corrected chi connectivity index (χ4v) is 3.33. The summed E-state index contributed by atoms with van der Waals surface area (Å²) in [6, 6.07) is 5.92. The normalized spacial score (nSPS) is 12.2. The summed E-state index contributed by atoms with van der Waals surface area (Å²) >= 11 is 5.89. The maximum absolute atomic E-state index is 12.2. The third-order valence-corrected chi connectivity index (χ3v) is 4.76. The van der Waals surface area contributed by atoms with Crippen molar-refractivity contribution < 1.29 is 13.5 Å². The summed E-state index contributed by atoms with van der Waals surface area (Å²) in [6.07, 6.45) is 0.483. The van der Waals surface area contributed by atoms with Gasteiger partial charge in [-0.1, -0.05) is 25.4 Å². The minimum atomic E-state index is -3.74. The molecule has 0 aromatic heterocycles. The van der Waals surface area contributed by atoms with Gasteiger partial charge in [0, 0.05) is 13.2 Å². The second kappa shape index (κ2) is 6.55. The van der Waals surface area contributed by atoms with Crippen LogP contribution in [-0.2, 0) is 10.0 Å². The zero-order chi connectivity index (χ0) is 15.4. The quantitative estimate of drug-likeness (QED) is 0.838. The van der Waals surface area contributed by atoms with E-state index in [2.05, 4.69) is 4.72 Å². The lowest BCUT2D eigenvalue weighted by atomic mass is 9.90. The van der Waals surface area contributed by atoms with Gasteiger partial charge in [-0.3, -0.25) is 0 Å². The Morgan fingerprint density at radius 1 is 1.45 bits per heavy atom. The Morgan fingerprint density at radius 3 is 2.60 bits per heavy atom. The van der Waals surface area contributed by atoms with Crippen molar-refractivity contribution in [2.75, 3.05) is 13.2 Å². The van der Waals surface area contributed by atoms with Crippen LogP contribution in [0.2, 0.25) is 5.02 Å². The Balaban J connectivity index is 2.93. The van der Waals surface area contributed by atoms with Gasteiger partial charge in [0.25, 0.3) is 0 Å². The Bertz CT molecular complexity index is 621. The first-order chi connectivity index (χ1) is 9.22. The Kier molecular flexibility index (Phi) is 5.54. The van der Waals surface area contributed by atoms with Gasteiger partial charge >= 0.3 is 0 Å². The van der Waals surface area contributed by atoms with Gasteiger partial charge in [-0.2, -0.15) is 5.26 Å². The van der Waals surface area contributed by atoms with E-state index < -0.39 is 10.0 Å². The maximum atomic E-state index is 12.2. The monoisotopic (exact) mass is 316 g/mol. The SMILES string of the molecule is CC(C)(CCO)CNS(=O)(=O)c1ccc(C#N)cc1Cl. The van der Waals surface area contributed by atoms with Gasteiger partial charge < -0.3 is 5.11 Å². The topological polar surface area (TPSA) is 90.2 Å². The molecule has 0 radical (unpaired) electrons. The minimum absolute atomic E-state index is 0.00759. The zero-order valence-corrected chi connectivity index (χ0v) is 12.9. The van der Waals surface area contributed by atoms with E-state index in [0.29, 0.717) is 12.0 Å². The summed E-state index contributed by atoms with van der Waals surface area (Å²) in [7, 11) is -3.74. The number of rotatable bonds is 6. The van der Waals surface area contributed by atoms with E-state index in [1.165, 1.54) is 18.2 Å². The van der Waals surface area contributed by atoms with Crippen LogP contribution in [0.5, 0.6) is 0 Å². The molecule has 1 aromatic carbocycles. The van der Waals surface area contributed by atoms with Crippen molar-refractivity contribution in [1.82, 2.24) is 4.72 Å². The van der Waals surface area contributed by atoms with Crippen LogP contribution in [-0.4, -0.2) is 26.7 Å². The number of benzene rings is 1. The Labute approximate surface area is 124 Å². The number of hydrogen-bond acceptors (Lipinski definition) is 4. The van der Waals surface area contributed by atoms with Gasteiger partial charge in [-0.25, -0.2) is 13.1 Å². The lowest BCUT2D eigenvalue weighted by Crippen LogP contribution is -2.34. The molecule has 0 aliphatic carbocycles. The van der Waals surface area contributed by atoms with Crippen molar-refractivity contribution in [1.29, 1.82) is 5.26 Å². The minimum Gasteiger partial charge on any atom is -0.396 e. The number of nitriles is 1. The first-order valence-corrected chi connectivity index (χ1v) is 7.88. The van der Waals surface area contributed by atoms with Crippen molar-refractivity contribution in [3.05, 3.63) is 28.8 Å². The summed E-state index contributed by atoms with van der Waals surface area (Å²) < 4.78 is 26.8. The van der Waals surface area contributed by atoms with E-state index in [1.807, 2.05) is 19.9 Å². The molecule has 0 bridgehead atoms. The molecule has 1 aromatic rings. The molecule has 0 spiro atoms. The summed E-state index contributed by atoms with van der Waals surface area (Å²) in [6.45, 7) is 3.89. The third kappa shape index (κ3) is 4.46. The van der Waals surface area contributed by atoms with Crippen molar-refractivity contribution >= 4 is 21.6 Å². The number of aliphatic hydroxyl groups is 1. The molecular formula is C13H17ClN2O3S. The molecule has 7 heteroatoms. The smallest absolute Gasteiger partial charge is 0.242 e. The van der Waals surface area contributed by atoms with E-state index in [-0.39, 0.29) is 28.5 Å². The highest BCUT2D eigenvalue weighted by Crippen LogP contribution is 2.24. The first-order valence-electron chi connectivity index (χ1n) is 6.02. The molecule has 0 atom stereocenters. The highest BCUT2D eigenvalue weighted by Gasteiger charge is 2.23. The van der Waals surface area contributed by atoms with Crippen LogP contribution < -0.4 is 4.72 Å². The van der Waals surface area contributed by atoms with Crippen molar-refractivity contribution in [3.8, 4) is 6.07 Å². The van der Waals surface area contributed by atoms with E-state index in [0.717, 1.165) is 0 Å². The molecule has 0 saturated heterocycles. The van der Waals surface area contributed by atoms with E-state index >= 15 is 0 Å². The second-order valence-electron chi connectivity index (χ2n) is 5.22. The molecule has 0 heterocycles. The molecule has 5 nitrogen and oxygen atoms in total. The predicted octanol–water partition coefficient (Wildman–Crippen LogP) is 1.90. The van der Waals surface area contributed by atoms with Gasteiger partial charge in [0.1, 0.15) is 4.90 Å². The highest BCUT2D eigenvalue weighted by atomic mass is 35.5. The van der Waals surface area contributed by atoms with Gasteiger partial charge in [-0.15, -0.1) is 0 Å². The molecular weight excluding hydrogens is 300 g/mol. The second-order valence-corrected chi connectivity index (χ2v) is 7.36. The van der Waals surface area contributed by atoms with Crippen LogP contribution in [0, 0.1) is 16.7 Å². The van der Waals surface area contributed by atoms with Crippen LogP contribution in [0.15, 0.2) is 23.1 Å². The van der Waals surface area contributed by atoms with Gasteiger partial charge in [-0.05, 0) is 30.0 Å². The van der Waals surface area contributed by atoms with Crippen molar-refractivity contribution in [3.63, 3.8) is 0 Å². The fourth-order valence-electron chi connectivity index (χ4n) is 1.55. The molecule has 0 saturated carbocycles. The summed E-state index contributed by atoms with van der Waals surface area (Å²) in [5.74, 6) is 0. The maximum Gasteiger partial charge on any atom is 0.242 e. The zero-order valence-electron chi connectivity index (χ0n) is 11.4. The lowest BCUT2D eigenvalue weighted by Gasteiger charge is -2.23. The lowest BCUT2D eigenvalue weighted by molar-refractivity contribution is 0.213. The van der Waals surface area contributed by atoms with Gasteiger partial charge in [0.05, 0.1) is 16.7 Å². The fraction of sp³-hybridized carbons (Fsp3) is 0.462. The molecule has 110 valence electrons. The van der Waals surface area contributed by atoms with Crippen molar-refractivity contribution in [2.45, 2.75) is 25.2 Å². The van der Waals surface area contributed by atoms with Crippen LogP contribution in [0.4, 0.5) is 0 Å². The summed E-state index contributed by atoms with van der Waals surface area (Å²) in [5.41, 5.74) is -0.0597. The molecule has 20 heavy (non-hydrogen) atoms. The van der Waals surface area contributed by atoms with E-state index in [4.69, 9.17) is 22.0 Å². The standard InChI is InChI=1S/C13H17ClN2O3S/c1-13(2,5-6-17)9-16-20(18,19)12-4-3-10(8-15)7-11(12)14/h3-4,7,16-17H,5-6,9H2,1-2H3. The number of aliphatic hydroxyl groups excluding tert-OH is 1. The summed E-state index contributed by atoms with van der Waals surface area (Å²) in [5, 5.41) is 17.7. The van der Waals surface area contributed by atoms with Gasteiger partial charge in [0.2, 0.25) is 10.0 Å². The molecule has 0 aliphatic rings. The Morgan fingerprint density at radius 2 is 2.10 bits per heavy atom. The molecule has 2 N–H and O–H groups in total. The van der Waals surface area contributed by atoms with Crippen LogP contribution >= 0.6 is 11.6 Å². The van der Waals surface area contributed by atoms with Crippen molar-refractivity contribution in [2.24, 2.45) is 5.41 Å². The van der Waals surface area contributed by atoms with Crippen LogP contribution in [0.3, 0.4) is 0 Å². The number of nitrogens with one attached hydrogen (secondary N) is 1. The molecule has 0 unspecified atom stereocenters.